The summed E-state index contributed by atoms with van der Waals surface area (Å²) < 4.78 is 6.42. The molecule has 0 bridgehead atoms. The number of benzene rings is 1. The molecule has 0 radical (unpaired) electrons. The second-order valence-corrected chi connectivity index (χ2v) is 8.72. The fourth-order valence-corrected chi connectivity index (χ4v) is 5.09. The van der Waals surface area contributed by atoms with Crippen LogP contribution in [0.2, 0.25) is 0 Å². The average molecular weight is 431 g/mol. The summed E-state index contributed by atoms with van der Waals surface area (Å²) >= 11 is 1.51. The van der Waals surface area contributed by atoms with Crippen molar-refractivity contribution in [3.05, 3.63) is 59.2 Å². The highest BCUT2D eigenvalue weighted by molar-refractivity contribution is 7.21. The zero-order chi connectivity index (χ0) is 21.5. The summed E-state index contributed by atoms with van der Waals surface area (Å²) in [4.78, 5) is 22.7. The lowest BCUT2D eigenvalue weighted by molar-refractivity contribution is 0.0949. The van der Waals surface area contributed by atoms with Crippen LogP contribution in [0, 0.1) is 0 Å². The van der Waals surface area contributed by atoms with Gasteiger partial charge in [-0.3, -0.25) is 9.78 Å². The molecule has 5 rings (SSSR count). The number of rotatable bonds is 4. The highest BCUT2D eigenvalue weighted by Crippen LogP contribution is 2.41. The smallest absolute Gasteiger partial charge is 0.263 e. The lowest BCUT2D eigenvalue weighted by Gasteiger charge is -2.12. The molecule has 3 aromatic heterocycles. The van der Waals surface area contributed by atoms with Crippen LogP contribution in [0.4, 0.5) is 5.69 Å². The molecule has 6 nitrogen and oxygen atoms in total. The molecule has 156 valence electrons. The number of ether oxygens (including phenoxy) is 1. The molecule has 1 atom stereocenters. The van der Waals surface area contributed by atoms with Crippen molar-refractivity contribution in [2.45, 2.75) is 19.6 Å². The van der Waals surface area contributed by atoms with E-state index in [9.17, 15) is 4.79 Å². The minimum atomic E-state index is -0.0237. The van der Waals surface area contributed by atoms with Crippen LogP contribution in [0.3, 0.4) is 0 Å². The Labute approximate surface area is 184 Å². The maximum Gasteiger partial charge on any atom is 0.263 e. The predicted octanol–water partition coefficient (Wildman–Crippen LogP) is 4.84. The summed E-state index contributed by atoms with van der Waals surface area (Å²) in [6.07, 6.45) is 3.54. The first-order valence-corrected chi connectivity index (χ1v) is 10.9. The zero-order valence-electron chi connectivity index (χ0n) is 17.4. The van der Waals surface area contributed by atoms with Gasteiger partial charge in [-0.15, -0.1) is 11.3 Å². The van der Waals surface area contributed by atoms with E-state index < -0.39 is 0 Å². The van der Waals surface area contributed by atoms with E-state index in [4.69, 9.17) is 9.72 Å². The van der Waals surface area contributed by atoms with Crippen molar-refractivity contribution in [1.29, 1.82) is 0 Å². The average Bonchev–Trinajstić information content (AvgIpc) is 3.10. The van der Waals surface area contributed by atoms with Crippen molar-refractivity contribution >= 4 is 50.0 Å². The molecule has 1 aromatic carbocycles. The Balaban J connectivity index is 1.70. The minimum absolute atomic E-state index is 0.0237. The highest BCUT2D eigenvalue weighted by Gasteiger charge is 2.24. The van der Waals surface area contributed by atoms with Crippen LogP contribution < -0.4 is 10.6 Å². The summed E-state index contributed by atoms with van der Waals surface area (Å²) in [5.74, 6) is -0.0237. The molecule has 0 fully saturated rings. The number of carbonyl (C=O) groups excluding carboxylic acids is 1. The summed E-state index contributed by atoms with van der Waals surface area (Å²) in [7, 11) is 1.67. The quantitative estimate of drug-likeness (QED) is 0.484. The van der Waals surface area contributed by atoms with E-state index >= 15 is 0 Å². The topological polar surface area (TPSA) is 76.1 Å². The molecule has 0 aliphatic carbocycles. The Kier molecular flexibility index (Phi) is 4.92. The van der Waals surface area contributed by atoms with Gasteiger partial charge < -0.3 is 15.4 Å². The summed E-state index contributed by atoms with van der Waals surface area (Å²) in [6, 6.07) is 10.2. The number of nitrogens with zero attached hydrogens (tertiary/aromatic N) is 2. The molecule has 0 saturated carbocycles. The number of amides is 1. The maximum atomic E-state index is 12.6. The molecular weight excluding hydrogens is 408 g/mol. The van der Waals surface area contributed by atoms with Gasteiger partial charge in [0.1, 0.15) is 4.88 Å². The first-order valence-electron chi connectivity index (χ1n) is 10.1. The molecular formula is C24H22N4O2S. The Hall–Kier alpha value is -3.29. The molecule has 1 aliphatic heterocycles. The third-order valence-corrected chi connectivity index (χ3v) is 6.64. The second-order valence-electron chi connectivity index (χ2n) is 7.67. The Morgan fingerprint density at radius 1 is 1.32 bits per heavy atom. The number of nitrogens with one attached hydrogen (secondary N) is 2. The standard InChI is InChI=1S/C24H22N4O2S/c1-4-15-9-17(14(11-25-15)12-30-3)19-6-5-16-18(28-19)7-8-20-21(16)22-23(31-20)24(29)27-13(2)10-26-22/h4-9,11,13,26H,1,10,12H2,2-3H3,(H,27,29)/t13-/m1/s1. The van der Waals surface area contributed by atoms with Gasteiger partial charge in [-0.05, 0) is 43.3 Å². The van der Waals surface area contributed by atoms with Gasteiger partial charge in [0.25, 0.3) is 5.91 Å². The van der Waals surface area contributed by atoms with Crippen molar-refractivity contribution in [2.24, 2.45) is 0 Å². The number of methoxy groups -OCH3 is 1. The molecule has 1 aliphatic rings. The van der Waals surface area contributed by atoms with Crippen LogP contribution in [0.15, 0.2) is 43.1 Å². The number of anilines is 1. The van der Waals surface area contributed by atoms with Crippen LogP contribution in [0.5, 0.6) is 0 Å². The van der Waals surface area contributed by atoms with E-state index in [0.717, 1.165) is 54.1 Å². The van der Waals surface area contributed by atoms with E-state index in [1.807, 2.05) is 37.4 Å². The Morgan fingerprint density at radius 2 is 2.19 bits per heavy atom. The van der Waals surface area contributed by atoms with Gasteiger partial charge in [0.15, 0.2) is 0 Å². The van der Waals surface area contributed by atoms with E-state index in [1.54, 1.807) is 13.2 Å². The van der Waals surface area contributed by atoms with Gasteiger partial charge in [0, 0.05) is 52.5 Å². The molecule has 2 N–H and O–H groups in total. The zero-order valence-corrected chi connectivity index (χ0v) is 18.2. The molecule has 7 heteroatoms. The van der Waals surface area contributed by atoms with Gasteiger partial charge in [0.2, 0.25) is 0 Å². The molecule has 4 heterocycles. The maximum absolute atomic E-state index is 12.6. The third kappa shape index (κ3) is 3.36. The number of hydrogen-bond acceptors (Lipinski definition) is 6. The van der Waals surface area contributed by atoms with Crippen molar-refractivity contribution in [3.63, 3.8) is 0 Å². The fraction of sp³-hybridized carbons (Fsp3) is 0.208. The largest absolute Gasteiger partial charge is 0.381 e. The highest BCUT2D eigenvalue weighted by atomic mass is 32.1. The molecule has 0 unspecified atom stereocenters. The van der Waals surface area contributed by atoms with Gasteiger partial charge in [-0.25, -0.2) is 4.98 Å². The Morgan fingerprint density at radius 3 is 3.00 bits per heavy atom. The van der Waals surface area contributed by atoms with Gasteiger partial charge in [-0.1, -0.05) is 6.58 Å². The van der Waals surface area contributed by atoms with Gasteiger partial charge >= 0.3 is 0 Å². The van der Waals surface area contributed by atoms with Crippen LogP contribution in [0.1, 0.15) is 27.9 Å². The van der Waals surface area contributed by atoms with Crippen LogP contribution in [-0.2, 0) is 11.3 Å². The van der Waals surface area contributed by atoms with Crippen LogP contribution in [0.25, 0.3) is 38.3 Å². The van der Waals surface area contributed by atoms with E-state index in [0.29, 0.717) is 13.2 Å². The summed E-state index contributed by atoms with van der Waals surface area (Å²) in [6.45, 7) is 6.97. The molecule has 0 spiro atoms. The van der Waals surface area contributed by atoms with E-state index in [-0.39, 0.29) is 11.9 Å². The molecule has 4 aromatic rings. The van der Waals surface area contributed by atoms with Gasteiger partial charge in [0.05, 0.1) is 29.2 Å². The SMILES string of the molecule is C=Cc1cc(-c2ccc3c(ccc4sc5c(c43)NC[C@@H](C)NC5=O)n2)c(COC)cn1. The predicted molar refractivity (Wildman–Crippen MR) is 127 cm³/mol. The van der Waals surface area contributed by atoms with Crippen molar-refractivity contribution in [2.75, 3.05) is 19.0 Å². The molecule has 1 amide bonds. The van der Waals surface area contributed by atoms with Crippen molar-refractivity contribution < 1.29 is 9.53 Å². The molecule has 31 heavy (non-hydrogen) atoms. The normalized spacial score (nSPS) is 15.9. The number of carbonyl (C=O) groups is 1. The first-order chi connectivity index (χ1) is 15.1. The lowest BCUT2D eigenvalue weighted by atomic mass is 10.0. The number of fused-ring (bicyclic) bond motifs is 5. The number of thiophene rings is 1. The first kappa shape index (κ1) is 19.7. The van der Waals surface area contributed by atoms with E-state index in [1.165, 1.54) is 11.3 Å². The summed E-state index contributed by atoms with van der Waals surface area (Å²) in [5, 5.41) is 8.59. The Bertz CT molecular complexity index is 1340. The number of hydrogen-bond donors (Lipinski definition) is 2. The van der Waals surface area contributed by atoms with Crippen molar-refractivity contribution in [1.82, 2.24) is 15.3 Å². The minimum Gasteiger partial charge on any atom is -0.381 e. The van der Waals surface area contributed by atoms with Crippen LogP contribution >= 0.6 is 11.3 Å². The monoisotopic (exact) mass is 430 g/mol. The van der Waals surface area contributed by atoms with Crippen LogP contribution in [-0.4, -0.2) is 35.6 Å². The van der Waals surface area contributed by atoms with Gasteiger partial charge in [-0.2, -0.15) is 0 Å². The second kappa shape index (κ2) is 7.76. The van der Waals surface area contributed by atoms with E-state index in [2.05, 4.69) is 28.3 Å². The third-order valence-electron chi connectivity index (χ3n) is 5.48. The lowest BCUT2D eigenvalue weighted by Crippen LogP contribution is -2.34. The number of pyridine rings is 2. The number of aromatic nitrogens is 2. The van der Waals surface area contributed by atoms with Crippen molar-refractivity contribution in [3.8, 4) is 11.3 Å². The summed E-state index contributed by atoms with van der Waals surface area (Å²) in [5.41, 5.74) is 5.37. The molecule has 0 saturated heterocycles. The fourth-order valence-electron chi connectivity index (χ4n) is 4.00.